The molecule has 1 atom stereocenters. The van der Waals surface area contributed by atoms with Crippen molar-refractivity contribution in [3.05, 3.63) is 0 Å². The molecule has 0 spiro atoms. The van der Waals surface area contributed by atoms with Crippen molar-refractivity contribution < 1.29 is 24.6 Å². The van der Waals surface area contributed by atoms with Crippen LogP contribution < -0.4 is 5.32 Å². The molecule has 0 heterocycles. The molecule has 0 radical (unpaired) electrons. The Bertz CT molecular complexity index is 393. The predicted octanol–water partition coefficient (Wildman–Crippen LogP) is 1.52. The van der Waals surface area contributed by atoms with Gasteiger partial charge >= 0.3 is 18.0 Å². The summed E-state index contributed by atoms with van der Waals surface area (Å²) >= 11 is 0. The minimum Gasteiger partial charge on any atom is -0.481 e. The van der Waals surface area contributed by atoms with Crippen molar-refractivity contribution in [2.24, 2.45) is 5.92 Å². The molecule has 3 N–H and O–H groups in total. The fourth-order valence-corrected chi connectivity index (χ4v) is 2.12. The van der Waals surface area contributed by atoms with Crippen molar-refractivity contribution in [3.63, 3.8) is 0 Å². The van der Waals surface area contributed by atoms with E-state index in [-0.39, 0.29) is 31.3 Å². The molecule has 0 aromatic heterocycles. The molecular weight excluding hydrogens is 276 g/mol. The van der Waals surface area contributed by atoms with Gasteiger partial charge in [0.1, 0.15) is 6.04 Å². The van der Waals surface area contributed by atoms with Crippen molar-refractivity contribution in [3.8, 4) is 0 Å². The summed E-state index contributed by atoms with van der Waals surface area (Å²) in [5.74, 6) is -1.79. The average molecular weight is 300 g/mol. The van der Waals surface area contributed by atoms with Crippen molar-refractivity contribution in [2.75, 3.05) is 6.54 Å². The Balaban J connectivity index is 2.53. The van der Waals surface area contributed by atoms with Gasteiger partial charge in [-0.05, 0) is 31.6 Å². The largest absolute Gasteiger partial charge is 0.481 e. The number of rotatable bonds is 9. The lowest BCUT2D eigenvalue weighted by Crippen LogP contribution is -2.49. The average Bonchev–Trinajstić information content (AvgIpc) is 3.17. The number of aliphatic carboxylic acids is 2. The highest BCUT2D eigenvalue weighted by Crippen LogP contribution is 2.27. The third kappa shape index (κ3) is 6.46. The number of nitrogens with zero attached hydrogens (tertiary/aromatic N) is 1. The smallest absolute Gasteiger partial charge is 0.326 e. The van der Waals surface area contributed by atoms with Crippen LogP contribution in [-0.4, -0.2) is 51.7 Å². The van der Waals surface area contributed by atoms with Crippen LogP contribution in [0.1, 0.15) is 46.0 Å². The van der Waals surface area contributed by atoms with Gasteiger partial charge in [0.25, 0.3) is 0 Å². The summed E-state index contributed by atoms with van der Waals surface area (Å²) in [6.07, 6.45) is 2.15. The minimum absolute atomic E-state index is 0.0992. The number of urea groups is 1. The Labute approximate surface area is 124 Å². The van der Waals surface area contributed by atoms with Gasteiger partial charge in [-0.25, -0.2) is 9.59 Å². The van der Waals surface area contributed by atoms with E-state index >= 15 is 0 Å². The zero-order chi connectivity index (χ0) is 16.0. The molecule has 1 aliphatic rings. The first-order chi connectivity index (χ1) is 9.81. The van der Waals surface area contributed by atoms with E-state index in [0.29, 0.717) is 12.5 Å². The van der Waals surface area contributed by atoms with E-state index in [2.05, 4.69) is 5.32 Å². The molecule has 21 heavy (non-hydrogen) atoms. The number of carbonyl (C=O) groups excluding carboxylic acids is 1. The lowest BCUT2D eigenvalue weighted by atomic mass is 10.1. The van der Waals surface area contributed by atoms with Gasteiger partial charge in [0.2, 0.25) is 0 Å². The van der Waals surface area contributed by atoms with Crippen molar-refractivity contribution in [1.82, 2.24) is 10.2 Å². The molecule has 7 heteroatoms. The van der Waals surface area contributed by atoms with Crippen molar-refractivity contribution in [2.45, 2.75) is 58.0 Å². The first-order valence-corrected chi connectivity index (χ1v) is 7.33. The van der Waals surface area contributed by atoms with Crippen LogP contribution in [0.4, 0.5) is 4.79 Å². The van der Waals surface area contributed by atoms with Gasteiger partial charge in [-0.2, -0.15) is 0 Å². The Morgan fingerprint density at radius 1 is 1.24 bits per heavy atom. The second-order valence-electron chi connectivity index (χ2n) is 5.90. The van der Waals surface area contributed by atoms with Crippen LogP contribution in [0.2, 0.25) is 0 Å². The molecule has 0 saturated heterocycles. The maximum absolute atomic E-state index is 12.2. The highest BCUT2D eigenvalue weighted by molar-refractivity contribution is 5.83. The van der Waals surface area contributed by atoms with Crippen molar-refractivity contribution >= 4 is 18.0 Å². The molecule has 0 aromatic carbocycles. The van der Waals surface area contributed by atoms with Crippen molar-refractivity contribution in [1.29, 1.82) is 0 Å². The molecule has 120 valence electrons. The third-order valence-electron chi connectivity index (χ3n) is 3.29. The molecule has 0 bridgehead atoms. The second kappa shape index (κ2) is 7.85. The van der Waals surface area contributed by atoms with Gasteiger partial charge in [0, 0.05) is 19.0 Å². The minimum atomic E-state index is -1.13. The van der Waals surface area contributed by atoms with E-state index in [1.54, 1.807) is 4.90 Å². The number of nitrogens with one attached hydrogen (secondary N) is 1. The lowest BCUT2D eigenvalue weighted by Gasteiger charge is -2.26. The van der Waals surface area contributed by atoms with E-state index < -0.39 is 18.0 Å². The summed E-state index contributed by atoms with van der Waals surface area (Å²) < 4.78 is 0. The molecule has 1 aliphatic carbocycles. The molecule has 0 aromatic rings. The normalized spacial score (nSPS) is 15.6. The molecule has 0 aliphatic heterocycles. The molecule has 1 fully saturated rings. The first kappa shape index (κ1) is 17.3. The van der Waals surface area contributed by atoms with Crippen LogP contribution in [0.25, 0.3) is 0 Å². The van der Waals surface area contributed by atoms with Crippen LogP contribution in [0.3, 0.4) is 0 Å². The molecule has 1 saturated carbocycles. The number of amides is 2. The van der Waals surface area contributed by atoms with Gasteiger partial charge in [-0.3, -0.25) is 4.79 Å². The first-order valence-electron chi connectivity index (χ1n) is 7.33. The van der Waals surface area contributed by atoms with Gasteiger partial charge in [-0.15, -0.1) is 0 Å². The third-order valence-corrected chi connectivity index (χ3v) is 3.29. The van der Waals surface area contributed by atoms with Crippen LogP contribution >= 0.6 is 0 Å². The predicted molar refractivity (Wildman–Crippen MR) is 76.0 cm³/mol. The SMILES string of the molecule is CC(C)CN(C(=O)N[C@H](CCCC(=O)O)C(=O)O)C1CC1. The zero-order valence-corrected chi connectivity index (χ0v) is 12.5. The Morgan fingerprint density at radius 2 is 1.86 bits per heavy atom. The van der Waals surface area contributed by atoms with Crippen LogP contribution in [0.5, 0.6) is 0 Å². The standard InChI is InChI=1S/C14H24N2O5/c1-9(2)8-16(10-6-7-10)14(21)15-11(13(19)20)4-3-5-12(17)18/h9-11H,3-8H2,1-2H3,(H,15,21)(H,17,18)(H,19,20)/t11-/m1/s1. The fourth-order valence-electron chi connectivity index (χ4n) is 2.12. The Morgan fingerprint density at radius 3 is 2.29 bits per heavy atom. The van der Waals surface area contributed by atoms with E-state index in [9.17, 15) is 14.4 Å². The Hall–Kier alpha value is -1.79. The summed E-state index contributed by atoms with van der Waals surface area (Å²) in [5, 5.41) is 20.2. The molecule has 1 rings (SSSR count). The second-order valence-corrected chi connectivity index (χ2v) is 5.90. The highest BCUT2D eigenvalue weighted by atomic mass is 16.4. The lowest BCUT2D eigenvalue weighted by molar-refractivity contribution is -0.140. The number of carboxylic acids is 2. The molecule has 2 amide bonds. The molecule has 7 nitrogen and oxygen atoms in total. The summed E-state index contributed by atoms with van der Waals surface area (Å²) in [7, 11) is 0. The number of carbonyl (C=O) groups is 3. The fraction of sp³-hybridized carbons (Fsp3) is 0.786. The zero-order valence-electron chi connectivity index (χ0n) is 12.5. The Kier molecular flexibility index (Phi) is 6.45. The highest BCUT2D eigenvalue weighted by Gasteiger charge is 2.34. The summed E-state index contributed by atoms with van der Waals surface area (Å²) in [6.45, 7) is 4.60. The van der Waals surface area contributed by atoms with E-state index in [4.69, 9.17) is 10.2 Å². The molecular formula is C14H24N2O5. The van der Waals surface area contributed by atoms with E-state index in [1.807, 2.05) is 13.8 Å². The van der Waals surface area contributed by atoms with Gasteiger partial charge < -0.3 is 20.4 Å². The van der Waals surface area contributed by atoms with Gasteiger partial charge in [-0.1, -0.05) is 13.8 Å². The maximum atomic E-state index is 12.2. The quantitative estimate of drug-likeness (QED) is 0.598. The summed E-state index contributed by atoms with van der Waals surface area (Å²) in [4.78, 5) is 35.5. The van der Waals surface area contributed by atoms with Gasteiger partial charge in [0.15, 0.2) is 0 Å². The van der Waals surface area contributed by atoms with Crippen LogP contribution in [0, 0.1) is 5.92 Å². The number of hydrogen-bond acceptors (Lipinski definition) is 3. The monoisotopic (exact) mass is 300 g/mol. The topological polar surface area (TPSA) is 107 Å². The van der Waals surface area contributed by atoms with Crippen LogP contribution in [0.15, 0.2) is 0 Å². The molecule has 0 unspecified atom stereocenters. The van der Waals surface area contributed by atoms with E-state index in [0.717, 1.165) is 12.8 Å². The maximum Gasteiger partial charge on any atom is 0.326 e. The van der Waals surface area contributed by atoms with E-state index in [1.165, 1.54) is 0 Å². The van der Waals surface area contributed by atoms with Gasteiger partial charge in [0.05, 0.1) is 0 Å². The van der Waals surface area contributed by atoms with Crippen LogP contribution in [-0.2, 0) is 9.59 Å². The summed E-state index contributed by atoms with van der Waals surface area (Å²) in [6, 6.07) is -1.19. The summed E-state index contributed by atoms with van der Waals surface area (Å²) in [5.41, 5.74) is 0. The number of carboxylic acid groups (broad SMARTS) is 2. The number of hydrogen-bond donors (Lipinski definition) is 3.